The molecular formula is C27H30N2O. The van der Waals surface area contributed by atoms with Crippen molar-refractivity contribution in [2.24, 2.45) is 5.41 Å². The van der Waals surface area contributed by atoms with Gasteiger partial charge in [0.1, 0.15) is 5.58 Å². The Morgan fingerprint density at radius 1 is 0.933 bits per heavy atom. The molecule has 3 nitrogen and oxygen atoms in total. The zero-order chi connectivity index (χ0) is 20.7. The molecule has 0 bridgehead atoms. The van der Waals surface area contributed by atoms with Crippen LogP contribution in [0.4, 0.5) is 0 Å². The molecule has 30 heavy (non-hydrogen) atoms. The molecule has 1 aliphatic rings. The second kappa shape index (κ2) is 7.54. The predicted molar refractivity (Wildman–Crippen MR) is 124 cm³/mol. The number of aromatic nitrogens is 2. The quantitative estimate of drug-likeness (QED) is 0.355. The zero-order valence-electron chi connectivity index (χ0n) is 18.2. The number of hydrogen-bond acceptors (Lipinski definition) is 3. The van der Waals surface area contributed by atoms with Gasteiger partial charge in [0.05, 0.1) is 5.69 Å². The summed E-state index contributed by atoms with van der Waals surface area (Å²) < 4.78 is 6.09. The molecule has 1 aromatic carbocycles. The monoisotopic (exact) mass is 398 g/mol. The standard InChI is InChI=1S/C27H30N2O/c1-27(2,3)17-21-10-11-22-23-15-20(9-12-25(23)30-26(22)29-21)24-16-19(13-14-28-24)18-7-5-4-6-8-18/h9-16,18H,4-8,17H2,1-3H3. The van der Waals surface area contributed by atoms with Gasteiger partial charge in [0.25, 0.3) is 0 Å². The molecule has 0 amide bonds. The molecule has 4 aromatic rings. The fourth-order valence-corrected chi connectivity index (χ4v) is 4.79. The minimum Gasteiger partial charge on any atom is -0.438 e. The summed E-state index contributed by atoms with van der Waals surface area (Å²) in [6.45, 7) is 6.70. The maximum absolute atomic E-state index is 6.09. The first-order valence-electron chi connectivity index (χ1n) is 11.2. The van der Waals surface area contributed by atoms with Gasteiger partial charge in [0, 0.05) is 28.2 Å². The maximum atomic E-state index is 6.09. The Bertz CT molecular complexity index is 1190. The molecule has 0 spiro atoms. The van der Waals surface area contributed by atoms with E-state index in [2.05, 4.69) is 68.2 Å². The highest BCUT2D eigenvalue weighted by molar-refractivity contribution is 6.05. The van der Waals surface area contributed by atoms with Crippen LogP contribution in [-0.4, -0.2) is 9.97 Å². The maximum Gasteiger partial charge on any atom is 0.227 e. The molecule has 3 heterocycles. The number of hydrogen-bond donors (Lipinski definition) is 0. The molecule has 1 saturated carbocycles. The molecule has 3 heteroatoms. The highest BCUT2D eigenvalue weighted by Gasteiger charge is 2.18. The van der Waals surface area contributed by atoms with E-state index in [1.165, 1.54) is 37.7 Å². The van der Waals surface area contributed by atoms with Gasteiger partial charge in [0.2, 0.25) is 5.71 Å². The minimum absolute atomic E-state index is 0.203. The number of nitrogens with zero attached hydrogens (tertiary/aromatic N) is 2. The third-order valence-corrected chi connectivity index (χ3v) is 6.26. The van der Waals surface area contributed by atoms with Gasteiger partial charge in [-0.15, -0.1) is 0 Å². The molecule has 0 aliphatic heterocycles. The Morgan fingerprint density at radius 3 is 2.57 bits per heavy atom. The van der Waals surface area contributed by atoms with Crippen molar-refractivity contribution in [1.29, 1.82) is 0 Å². The molecule has 0 saturated heterocycles. The average Bonchev–Trinajstić information content (AvgIpc) is 3.10. The van der Waals surface area contributed by atoms with Crippen molar-refractivity contribution in [2.45, 2.75) is 65.2 Å². The minimum atomic E-state index is 0.203. The summed E-state index contributed by atoms with van der Waals surface area (Å²) in [5.41, 5.74) is 6.52. The first-order chi connectivity index (χ1) is 14.5. The highest BCUT2D eigenvalue weighted by Crippen LogP contribution is 2.35. The Kier molecular flexibility index (Phi) is 4.85. The molecule has 1 aliphatic carbocycles. The van der Waals surface area contributed by atoms with Crippen LogP contribution in [0.3, 0.4) is 0 Å². The summed E-state index contributed by atoms with van der Waals surface area (Å²) in [7, 11) is 0. The number of benzene rings is 1. The lowest BCUT2D eigenvalue weighted by Gasteiger charge is -2.22. The second-order valence-corrected chi connectivity index (χ2v) is 10.0. The van der Waals surface area contributed by atoms with Gasteiger partial charge < -0.3 is 4.42 Å². The van der Waals surface area contributed by atoms with Crippen LogP contribution in [0, 0.1) is 5.41 Å². The SMILES string of the molecule is CC(C)(C)Cc1ccc2c(n1)oc1ccc(-c3cc(C4CCCCC4)ccn3)cc12. The number of furan rings is 1. The van der Waals surface area contributed by atoms with E-state index in [0.29, 0.717) is 5.92 Å². The number of fused-ring (bicyclic) bond motifs is 3. The van der Waals surface area contributed by atoms with Crippen molar-refractivity contribution in [3.63, 3.8) is 0 Å². The van der Waals surface area contributed by atoms with Crippen molar-refractivity contribution in [1.82, 2.24) is 9.97 Å². The summed E-state index contributed by atoms with van der Waals surface area (Å²) >= 11 is 0. The van der Waals surface area contributed by atoms with Gasteiger partial charge in [0.15, 0.2) is 0 Å². The van der Waals surface area contributed by atoms with Crippen molar-refractivity contribution in [3.8, 4) is 11.3 Å². The van der Waals surface area contributed by atoms with Crippen LogP contribution < -0.4 is 0 Å². The van der Waals surface area contributed by atoms with Gasteiger partial charge in [-0.05, 0) is 78.6 Å². The predicted octanol–water partition coefficient (Wildman–Crippen LogP) is 7.68. The van der Waals surface area contributed by atoms with Gasteiger partial charge in [-0.3, -0.25) is 4.98 Å². The number of pyridine rings is 2. The first kappa shape index (κ1) is 19.3. The summed E-state index contributed by atoms with van der Waals surface area (Å²) in [5.74, 6) is 0.685. The third kappa shape index (κ3) is 3.86. The smallest absolute Gasteiger partial charge is 0.227 e. The van der Waals surface area contributed by atoms with E-state index in [-0.39, 0.29) is 5.41 Å². The van der Waals surface area contributed by atoms with E-state index >= 15 is 0 Å². The molecule has 0 N–H and O–H groups in total. The van der Waals surface area contributed by atoms with Crippen LogP contribution in [0.15, 0.2) is 53.1 Å². The fraction of sp³-hybridized carbons (Fsp3) is 0.407. The van der Waals surface area contributed by atoms with Crippen molar-refractivity contribution in [3.05, 3.63) is 59.9 Å². The Hall–Kier alpha value is -2.68. The fourth-order valence-electron chi connectivity index (χ4n) is 4.79. The van der Waals surface area contributed by atoms with Crippen molar-refractivity contribution < 1.29 is 4.42 Å². The second-order valence-electron chi connectivity index (χ2n) is 10.0. The van der Waals surface area contributed by atoms with Crippen LogP contribution in [-0.2, 0) is 6.42 Å². The Labute approximate surface area is 178 Å². The lowest BCUT2D eigenvalue weighted by atomic mass is 9.84. The van der Waals surface area contributed by atoms with Gasteiger partial charge in [-0.1, -0.05) is 40.0 Å². The van der Waals surface area contributed by atoms with E-state index < -0.39 is 0 Å². The Balaban J connectivity index is 1.52. The summed E-state index contributed by atoms with van der Waals surface area (Å²) in [6.07, 6.45) is 9.58. The van der Waals surface area contributed by atoms with Crippen LogP contribution >= 0.6 is 0 Å². The summed E-state index contributed by atoms with van der Waals surface area (Å²) in [6, 6.07) is 15.2. The summed E-state index contributed by atoms with van der Waals surface area (Å²) in [4.78, 5) is 9.48. The topological polar surface area (TPSA) is 38.9 Å². The van der Waals surface area contributed by atoms with E-state index in [1.807, 2.05) is 6.20 Å². The molecular weight excluding hydrogens is 368 g/mol. The molecule has 0 atom stereocenters. The first-order valence-corrected chi connectivity index (χ1v) is 11.2. The average molecular weight is 399 g/mol. The van der Waals surface area contributed by atoms with Crippen molar-refractivity contribution in [2.75, 3.05) is 0 Å². The summed E-state index contributed by atoms with van der Waals surface area (Å²) in [5, 5.41) is 2.19. The van der Waals surface area contributed by atoms with Crippen LogP contribution in [0.1, 0.15) is 70.1 Å². The van der Waals surface area contributed by atoms with Crippen LogP contribution in [0.5, 0.6) is 0 Å². The van der Waals surface area contributed by atoms with Gasteiger partial charge in [-0.25, -0.2) is 4.98 Å². The lowest BCUT2D eigenvalue weighted by molar-refractivity contribution is 0.406. The van der Waals surface area contributed by atoms with Gasteiger partial charge >= 0.3 is 0 Å². The molecule has 0 unspecified atom stereocenters. The molecule has 154 valence electrons. The molecule has 5 rings (SSSR count). The Morgan fingerprint density at radius 2 is 1.77 bits per heavy atom. The van der Waals surface area contributed by atoms with E-state index in [1.54, 1.807) is 0 Å². The van der Waals surface area contributed by atoms with Gasteiger partial charge in [-0.2, -0.15) is 0 Å². The van der Waals surface area contributed by atoms with Crippen molar-refractivity contribution >= 4 is 22.1 Å². The van der Waals surface area contributed by atoms with E-state index in [0.717, 1.165) is 45.4 Å². The van der Waals surface area contributed by atoms with E-state index in [9.17, 15) is 0 Å². The lowest BCUT2D eigenvalue weighted by Crippen LogP contribution is -2.10. The highest BCUT2D eigenvalue weighted by atomic mass is 16.3. The third-order valence-electron chi connectivity index (χ3n) is 6.26. The molecule has 0 radical (unpaired) electrons. The normalized spacial score (nSPS) is 15.8. The van der Waals surface area contributed by atoms with Crippen LogP contribution in [0.25, 0.3) is 33.3 Å². The molecule has 1 fully saturated rings. The number of rotatable bonds is 3. The largest absolute Gasteiger partial charge is 0.438 e. The zero-order valence-corrected chi connectivity index (χ0v) is 18.2. The van der Waals surface area contributed by atoms with E-state index in [4.69, 9.17) is 9.40 Å². The van der Waals surface area contributed by atoms with Crippen LogP contribution in [0.2, 0.25) is 0 Å². The molecule has 3 aromatic heterocycles.